The fraction of sp³-hybridized carbons (Fsp3) is 0.0833. The van der Waals surface area contributed by atoms with Gasteiger partial charge in [0.05, 0.1) is 4.47 Å². The molecule has 0 spiro atoms. The summed E-state index contributed by atoms with van der Waals surface area (Å²) in [6, 6.07) is 7.32. The maximum atomic E-state index is 10.9. The third-order valence-corrected chi connectivity index (χ3v) is 3.25. The van der Waals surface area contributed by atoms with Crippen molar-refractivity contribution < 1.29 is 9.90 Å². The van der Waals surface area contributed by atoms with Gasteiger partial charge in [-0.2, -0.15) is 0 Å². The molecule has 18 heavy (non-hydrogen) atoms. The van der Waals surface area contributed by atoms with E-state index >= 15 is 0 Å². The molecule has 0 aliphatic heterocycles. The third kappa shape index (κ3) is 2.86. The largest absolute Gasteiger partial charge is 0.476 e. The highest BCUT2D eigenvalue weighted by atomic mass is 79.9. The van der Waals surface area contributed by atoms with Gasteiger partial charge < -0.3 is 5.11 Å². The highest BCUT2D eigenvalue weighted by molar-refractivity contribution is 9.10. The smallest absolute Gasteiger partial charge is 0.355 e. The molecule has 2 rings (SSSR count). The molecule has 6 heteroatoms. The van der Waals surface area contributed by atoms with Crippen molar-refractivity contribution >= 4 is 33.5 Å². The fourth-order valence-electron chi connectivity index (χ4n) is 1.45. The number of carboxylic acid groups (broad SMARTS) is 1. The van der Waals surface area contributed by atoms with Gasteiger partial charge in [-0.3, -0.25) is 0 Å². The van der Waals surface area contributed by atoms with Crippen molar-refractivity contribution in [2.75, 3.05) is 0 Å². The molecule has 92 valence electrons. The molecule has 0 saturated carbocycles. The van der Waals surface area contributed by atoms with E-state index in [0.29, 0.717) is 21.7 Å². The second kappa shape index (κ2) is 5.46. The van der Waals surface area contributed by atoms with Gasteiger partial charge in [-0.25, -0.2) is 14.8 Å². The Morgan fingerprint density at radius 3 is 2.78 bits per heavy atom. The number of hydrogen-bond acceptors (Lipinski definition) is 3. The van der Waals surface area contributed by atoms with E-state index in [1.165, 1.54) is 6.20 Å². The number of hydrogen-bond donors (Lipinski definition) is 1. The summed E-state index contributed by atoms with van der Waals surface area (Å²) in [6.07, 6.45) is 1.83. The second-order valence-corrected chi connectivity index (χ2v) is 4.82. The van der Waals surface area contributed by atoms with Gasteiger partial charge in [0, 0.05) is 17.6 Å². The number of aromatic carboxylic acids is 1. The van der Waals surface area contributed by atoms with Crippen molar-refractivity contribution in [3.8, 4) is 0 Å². The number of aromatic nitrogens is 2. The average molecular weight is 328 g/mol. The SMILES string of the molecule is O=C(O)c1nc(Cc2ccccc2Cl)ncc1Br. The Morgan fingerprint density at radius 1 is 1.39 bits per heavy atom. The Bertz CT molecular complexity index is 604. The van der Waals surface area contributed by atoms with Gasteiger partial charge in [0.15, 0.2) is 5.69 Å². The Morgan fingerprint density at radius 2 is 2.11 bits per heavy atom. The van der Waals surface area contributed by atoms with Crippen LogP contribution in [0.25, 0.3) is 0 Å². The number of nitrogens with zero attached hydrogens (tertiary/aromatic N) is 2. The summed E-state index contributed by atoms with van der Waals surface area (Å²) in [5.41, 5.74) is 0.810. The average Bonchev–Trinajstić information content (AvgIpc) is 2.34. The van der Waals surface area contributed by atoms with Crippen LogP contribution >= 0.6 is 27.5 Å². The Balaban J connectivity index is 2.33. The molecule has 1 N–H and O–H groups in total. The van der Waals surface area contributed by atoms with Gasteiger partial charge in [-0.05, 0) is 27.6 Å². The lowest BCUT2D eigenvalue weighted by Gasteiger charge is -2.04. The first-order valence-electron chi connectivity index (χ1n) is 5.06. The lowest BCUT2D eigenvalue weighted by atomic mass is 10.1. The summed E-state index contributed by atoms with van der Waals surface area (Å²) in [7, 11) is 0. The lowest BCUT2D eigenvalue weighted by molar-refractivity contribution is 0.0688. The molecular formula is C12H8BrClN2O2. The number of benzene rings is 1. The van der Waals surface area contributed by atoms with Gasteiger partial charge >= 0.3 is 5.97 Å². The van der Waals surface area contributed by atoms with Gasteiger partial charge in [-0.15, -0.1) is 0 Å². The molecule has 2 aromatic rings. The molecule has 0 aliphatic rings. The molecule has 4 nitrogen and oxygen atoms in total. The molecule has 1 heterocycles. The van der Waals surface area contributed by atoms with Crippen LogP contribution in [0.15, 0.2) is 34.9 Å². The molecule has 0 bridgehead atoms. The molecule has 0 radical (unpaired) electrons. The van der Waals surface area contributed by atoms with Crippen molar-refractivity contribution in [1.29, 1.82) is 0 Å². The summed E-state index contributed by atoms with van der Waals surface area (Å²) in [4.78, 5) is 19.0. The van der Waals surface area contributed by atoms with Crippen LogP contribution in [0.4, 0.5) is 0 Å². The van der Waals surface area contributed by atoms with Gasteiger partial charge in [0.2, 0.25) is 0 Å². The quantitative estimate of drug-likeness (QED) is 0.940. The number of carbonyl (C=O) groups is 1. The summed E-state index contributed by atoms with van der Waals surface area (Å²) in [5.74, 6) is -0.673. The highest BCUT2D eigenvalue weighted by Crippen LogP contribution is 2.19. The first-order valence-corrected chi connectivity index (χ1v) is 6.23. The number of halogens is 2. The van der Waals surface area contributed by atoms with E-state index in [-0.39, 0.29) is 5.69 Å². The van der Waals surface area contributed by atoms with E-state index in [1.807, 2.05) is 18.2 Å². The predicted molar refractivity (Wildman–Crippen MR) is 70.9 cm³/mol. The van der Waals surface area contributed by atoms with Crippen molar-refractivity contribution in [1.82, 2.24) is 9.97 Å². The highest BCUT2D eigenvalue weighted by Gasteiger charge is 2.12. The summed E-state index contributed by atoms with van der Waals surface area (Å²) < 4.78 is 0.359. The Kier molecular flexibility index (Phi) is 3.93. The molecule has 0 fully saturated rings. The standard InChI is InChI=1S/C12H8BrClN2O2/c13-8-6-15-10(16-11(8)12(17)18)5-7-3-1-2-4-9(7)14/h1-4,6H,5H2,(H,17,18). The van der Waals surface area contributed by atoms with Gasteiger partial charge in [-0.1, -0.05) is 29.8 Å². The molecule has 1 aromatic heterocycles. The van der Waals surface area contributed by atoms with Crippen LogP contribution in [-0.2, 0) is 6.42 Å². The van der Waals surface area contributed by atoms with E-state index in [0.717, 1.165) is 5.56 Å². The summed E-state index contributed by atoms with van der Waals surface area (Å²) >= 11 is 9.13. The van der Waals surface area contributed by atoms with Crippen LogP contribution in [0.5, 0.6) is 0 Å². The lowest BCUT2D eigenvalue weighted by Crippen LogP contribution is -2.07. The number of rotatable bonds is 3. The zero-order chi connectivity index (χ0) is 13.1. The molecule has 0 unspecified atom stereocenters. The van der Waals surface area contributed by atoms with Crippen molar-refractivity contribution in [2.24, 2.45) is 0 Å². The maximum absolute atomic E-state index is 10.9. The molecule has 0 aliphatic carbocycles. The van der Waals surface area contributed by atoms with Gasteiger partial charge in [0.1, 0.15) is 5.82 Å². The van der Waals surface area contributed by atoms with Crippen LogP contribution in [0.1, 0.15) is 21.9 Å². The van der Waals surface area contributed by atoms with Crippen molar-refractivity contribution in [2.45, 2.75) is 6.42 Å². The molecular weight excluding hydrogens is 320 g/mol. The molecule has 0 atom stereocenters. The van der Waals surface area contributed by atoms with Crippen LogP contribution < -0.4 is 0 Å². The Labute approximate surface area is 117 Å². The minimum absolute atomic E-state index is 0.0490. The number of carboxylic acids is 1. The predicted octanol–water partition coefficient (Wildman–Crippen LogP) is 3.18. The first kappa shape index (κ1) is 13.0. The molecule has 1 aromatic carbocycles. The van der Waals surface area contributed by atoms with Crippen LogP contribution in [0.2, 0.25) is 5.02 Å². The molecule has 0 saturated heterocycles. The third-order valence-electron chi connectivity index (χ3n) is 2.30. The second-order valence-electron chi connectivity index (χ2n) is 3.56. The van der Waals surface area contributed by atoms with Crippen molar-refractivity contribution in [3.63, 3.8) is 0 Å². The Hall–Kier alpha value is -1.46. The van der Waals surface area contributed by atoms with E-state index in [2.05, 4.69) is 25.9 Å². The van der Waals surface area contributed by atoms with E-state index < -0.39 is 5.97 Å². The zero-order valence-electron chi connectivity index (χ0n) is 9.10. The monoisotopic (exact) mass is 326 g/mol. The molecule has 0 amide bonds. The first-order chi connectivity index (χ1) is 8.58. The van der Waals surface area contributed by atoms with Crippen molar-refractivity contribution in [3.05, 3.63) is 57.0 Å². The fourth-order valence-corrected chi connectivity index (χ4v) is 2.01. The van der Waals surface area contributed by atoms with E-state index in [1.54, 1.807) is 6.07 Å². The van der Waals surface area contributed by atoms with Crippen LogP contribution in [-0.4, -0.2) is 21.0 Å². The topological polar surface area (TPSA) is 63.1 Å². The summed E-state index contributed by atoms with van der Waals surface area (Å²) in [6.45, 7) is 0. The van der Waals surface area contributed by atoms with E-state index in [4.69, 9.17) is 16.7 Å². The van der Waals surface area contributed by atoms with Crippen LogP contribution in [0, 0.1) is 0 Å². The van der Waals surface area contributed by atoms with Gasteiger partial charge in [0.25, 0.3) is 0 Å². The summed E-state index contributed by atoms with van der Waals surface area (Å²) in [5, 5.41) is 9.58. The van der Waals surface area contributed by atoms with E-state index in [9.17, 15) is 4.79 Å². The zero-order valence-corrected chi connectivity index (χ0v) is 11.4. The normalized spacial score (nSPS) is 10.3. The van der Waals surface area contributed by atoms with Crippen LogP contribution in [0.3, 0.4) is 0 Å². The minimum Gasteiger partial charge on any atom is -0.476 e. The minimum atomic E-state index is -1.09. The maximum Gasteiger partial charge on any atom is 0.355 e.